The van der Waals surface area contributed by atoms with E-state index in [4.69, 9.17) is 25.8 Å². The van der Waals surface area contributed by atoms with E-state index >= 15 is 0 Å². The molecular formula is C33H35ClF3N5O5S. The Morgan fingerprint density at radius 2 is 1.60 bits per heavy atom. The van der Waals surface area contributed by atoms with Crippen molar-refractivity contribution in [1.82, 2.24) is 20.1 Å². The predicted molar refractivity (Wildman–Crippen MR) is 178 cm³/mol. The van der Waals surface area contributed by atoms with Crippen molar-refractivity contribution >= 4 is 40.9 Å². The zero-order valence-corrected chi connectivity index (χ0v) is 28.5. The summed E-state index contributed by atoms with van der Waals surface area (Å²) in [7, 11) is 0. The number of benzene rings is 3. The third-order valence-electron chi connectivity index (χ3n) is 7.00. The van der Waals surface area contributed by atoms with Gasteiger partial charge in [-0.2, -0.15) is 13.2 Å². The number of thioether (sulfide) groups is 1. The molecule has 0 aliphatic carbocycles. The standard InChI is InChI=1S/C33H35ClF3N5O5S/c1-6-45-26-14-21(15-27(46-7-2)30(26)47-8-3)31(44)38-17-28-40-41-32(42(28)25-11-9-10-19(4)20(25)5)48-18-29(43)39-24-16-22(33(35,36)37)12-13-23(24)34/h9-16H,6-8,17-18H2,1-5H3,(H,38,44)(H,39,43). The molecule has 1 aromatic heterocycles. The molecule has 2 N–H and O–H groups in total. The predicted octanol–water partition coefficient (Wildman–Crippen LogP) is 7.41. The van der Waals surface area contributed by atoms with Crippen LogP contribution in [-0.2, 0) is 17.5 Å². The van der Waals surface area contributed by atoms with Crippen LogP contribution in [0.3, 0.4) is 0 Å². The van der Waals surface area contributed by atoms with E-state index in [2.05, 4.69) is 20.8 Å². The highest BCUT2D eigenvalue weighted by atomic mass is 35.5. The lowest BCUT2D eigenvalue weighted by Gasteiger charge is -2.17. The van der Waals surface area contributed by atoms with Crippen molar-refractivity contribution in [2.75, 3.05) is 30.9 Å². The number of halogens is 4. The van der Waals surface area contributed by atoms with E-state index in [0.29, 0.717) is 48.1 Å². The third kappa shape index (κ3) is 8.72. The molecule has 0 unspecified atom stereocenters. The summed E-state index contributed by atoms with van der Waals surface area (Å²) < 4.78 is 58.6. The lowest BCUT2D eigenvalue weighted by Crippen LogP contribution is -2.25. The summed E-state index contributed by atoms with van der Waals surface area (Å²) in [5, 5.41) is 14.2. The van der Waals surface area contributed by atoms with Crippen LogP contribution in [-0.4, -0.2) is 52.2 Å². The molecule has 0 saturated carbocycles. The lowest BCUT2D eigenvalue weighted by atomic mass is 10.1. The Labute approximate surface area is 285 Å². The second-order valence-electron chi connectivity index (χ2n) is 10.3. The number of anilines is 1. The van der Waals surface area contributed by atoms with Crippen molar-refractivity contribution < 1.29 is 37.0 Å². The topological polar surface area (TPSA) is 117 Å². The number of carbonyl (C=O) groups is 2. The van der Waals surface area contributed by atoms with Crippen LogP contribution in [0.1, 0.15) is 53.6 Å². The van der Waals surface area contributed by atoms with Gasteiger partial charge in [0.15, 0.2) is 22.5 Å². The van der Waals surface area contributed by atoms with Crippen molar-refractivity contribution in [1.29, 1.82) is 0 Å². The molecule has 48 heavy (non-hydrogen) atoms. The summed E-state index contributed by atoms with van der Waals surface area (Å²) in [5.74, 6) is 0.290. The van der Waals surface area contributed by atoms with E-state index in [1.54, 1.807) is 16.7 Å². The monoisotopic (exact) mass is 705 g/mol. The van der Waals surface area contributed by atoms with Crippen molar-refractivity contribution in [2.24, 2.45) is 0 Å². The van der Waals surface area contributed by atoms with Crippen molar-refractivity contribution in [3.63, 3.8) is 0 Å². The van der Waals surface area contributed by atoms with Crippen molar-refractivity contribution in [3.05, 3.63) is 81.6 Å². The molecule has 1 heterocycles. The maximum Gasteiger partial charge on any atom is 0.416 e. The first kappa shape index (κ1) is 36.4. The average molecular weight is 706 g/mol. The van der Waals surface area contributed by atoms with Crippen LogP contribution in [0.15, 0.2) is 53.7 Å². The molecule has 0 spiro atoms. The van der Waals surface area contributed by atoms with Crippen LogP contribution < -0.4 is 24.8 Å². The third-order valence-corrected chi connectivity index (χ3v) is 8.25. The SMILES string of the molecule is CCOc1cc(C(=O)NCc2nnc(SCC(=O)Nc3cc(C(F)(F)F)ccc3Cl)n2-c2cccc(C)c2C)cc(OCC)c1OCC. The molecule has 0 saturated heterocycles. The fourth-order valence-corrected chi connectivity index (χ4v) is 5.55. The second kappa shape index (κ2) is 16.1. The molecule has 2 amide bonds. The van der Waals surface area contributed by atoms with Crippen LogP contribution in [0, 0.1) is 13.8 Å². The van der Waals surface area contributed by atoms with E-state index in [9.17, 15) is 22.8 Å². The first-order valence-corrected chi connectivity index (χ1v) is 16.4. The van der Waals surface area contributed by atoms with Gasteiger partial charge in [-0.15, -0.1) is 10.2 Å². The fraction of sp³-hybridized carbons (Fsp3) is 0.333. The van der Waals surface area contributed by atoms with Gasteiger partial charge in [0, 0.05) is 5.56 Å². The normalized spacial score (nSPS) is 11.3. The number of nitrogens with zero attached hydrogens (tertiary/aromatic N) is 3. The molecule has 0 bridgehead atoms. The largest absolute Gasteiger partial charge is 0.490 e. The highest BCUT2D eigenvalue weighted by Gasteiger charge is 2.31. The van der Waals surface area contributed by atoms with Gasteiger partial charge in [0.2, 0.25) is 11.7 Å². The zero-order valence-electron chi connectivity index (χ0n) is 27.0. The number of carbonyl (C=O) groups excluding carboxylic acids is 2. The first-order valence-electron chi connectivity index (χ1n) is 15.0. The minimum Gasteiger partial charge on any atom is -0.490 e. The highest BCUT2D eigenvalue weighted by Crippen LogP contribution is 2.39. The molecule has 0 radical (unpaired) electrons. The Balaban J connectivity index is 1.58. The van der Waals surface area contributed by atoms with E-state index in [1.807, 2.05) is 52.8 Å². The molecule has 256 valence electrons. The first-order chi connectivity index (χ1) is 22.9. The van der Waals surface area contributed by atoms with Crippen LogP contribution in [0.4, 0.5) is 18.9 Å². The van der Waals surface area contributed by atoms with Gasteiger partial charge in [-0.25, -0.2) is 0 Å². The lowest BCUT2D eigenvalue weighted by molar-refractivity contribution is -0.137. The molecule has 0 aliphatic rings. The Morgan fingerprint density at radius 3 is 2.23 bits per heavy atom. The number of amides is 2. The smallest absolute Gasteiger partial charge is 0.416 e. The summed E-state index contributed by atoms with van der Waals surface area (Å²) in [4.78, 5) is 26.3. The molecule has 3 aromatic carbocycles. The van der Waals surface area contributed by atoms with E-state index in [-0.39, 0.29) is 28.6 Å². The number of rotatable bonds is 14. The molecule has 10 nitrogen and oxygen atoms in total. The summed E-state index contributed by atoms with van der Waals surface area (Å²) in [6, 6.07) is 11.5. The Kier molecular flexibility index (Phi) is 12.2. The van der Waals surface area contributed by atoms with Crippen molar-refractivity contribution in [2.45, 2.75) is 52.5 Å². The number of aryl methyl sites for hydroxylation is 1. The summed E-state index contributed by atoms with van der Waals surface area (Å²) in [6.07, 6.45) is -4.60. The molecule has 4 rings (SSSR count). The quantitative estimate of drug-likeness (QED) is 0.130. The minimum absolute atomic E-state index is 0.0348. The Bertz CT molecular complexity index is 1760. The number of hydrogen-bond donors (Lipinski definition) is 2. The number of ether oxygens (including phenoxy) is 3. The van der Waals surface area contributed by atoms with Gasteiger partial charge >= 0.3 is 6.18 Å². The van der Waals surface area contributed by atoms with E-state index < -0.39 is 23.6 Å². The maximum absolute atomic E-state index is 13.4. The Hall–Kier alpha value is -4.43. The van der Waals surface area contributed by atoms with Crippen molar-refractivity contribution in [3.8, 4) is 22.9 Å². The van der Waals surface area contributed by atoms with Gasteiger partial charge in [0.25, 0.3) is 5.91 Å². The summed E-state index contributed by atoms with van der Waals surface area (Å²) in [6.45, 7) is 10.4. The number of alkyl halides is 3. The highest BCUT2D eigenvalue weighted by molar-refractivity contribution is 7.99. The number of hydrogen-bond acceptors (Lipinski definition) is 8. The van der Waals surface area contributed by atoms with Crippen LogP contribution in [0.25, 0.3) is 5.69 Å². The van der Waals surface area contributed by atoms with Crippen LogP contribution in [0.5, 0.6) is 17.2 Å². The van der Waals surface area contributed by atoms with Gasteiger partial charge in [-0.05, 0) is 82.1 Å². The molecule has 0 fully saturated rings. The van der Waals surface area contributed by atoms with E-state index in [1.165, 1.54) is 0 Å². The summed E-state index contributed by atoms with van der Waals surface area (Å²) >= 11 is 7.08. The molecule has 4 aromatic rings. The summed E-state index contributed by atoms with van der Waals surface area (Å²) in [5.41, 5.74) is 1.82. The molecule has 0 aliphatic heterocycles. The van der Waals surface area contributed by atoms with E-state index in [0.717, 1.165) is 46.8 Å². The molecule has 0 atom stereocenters. The van der Waals surface area contributed by atoms with Gasteiger partial charge < -0.3 is 24.8 Å². The van der Waals surface area contributed by atoms with Gasteiger partial charge in [0.05, 0.1) is 54.1 Å². The van der Waals surface area contributed by atoms with Crippen LogP contribution in [0.2, 0.25) is 5.02 Å². The minimum atomic E-state index is -4.60. The second-order valence-corrected chi connectivity index (χ2v) is 11.6. The zero-order chi connectivity index (χ0) is 35.0. The fourth-order valence-electron chi connectivity index (χ4n) is 4.62. The number of aromatic nitrogens is 3. The van der Waals surface area contributed by atoms with Gasteiger partial charge in [0.1, 0.15) is 0 Å². The van der Waals surface area contributed by atoms with Gasteiger partial charge in [-0.3, -0.25) is 14.2 Å². The average Bonchev–Trinajstić information content (AvgIpc) is 3.44. The van der Waals surface area contributed by atoms with Crippen LogP contribution >= 0.6 is 23.4 Å². The maximum atomic E-state index is 13.4. The number of nitrogens with one attached hydrogen (secondary N) is 2. The van der Waals surface area contributed by atoms with Gasteiger partial charge in [-0.1, -0.05) is 35.5 Å². The Morgan fingerprint density at radius 1 is 0.938 bits per heavy atom. The molecular weight excluding hydrogens is 671 g/mol. The molecule has 15 heteroatoms.